The monoisotopic (exact) mass is 238 g/mol. The minimum Gasteiger partial charge on any atom is -0.118 e. The first-order valence-corrected chi connectivity index (χ1v) is 6.80. The van der Waals surface area contributed by atoms with Gasteiger partial charge in [-0.15, -0.1) is 11.6 Å². The Bertz CT molecular complexity index is 317. The summed E-state index contributed by atoms with van der Waals surface area (Å²) in [5.74, 6) is 0. The summed E-state index contributed by atoms with van der Waals surface area (Å²) >= 11 is 6.46. The highest BCUT2D eigenvalue weighted by molar-refractivity contribution is 6.20. The van der Waals surface area contributed by atoms with Gasteiger partial charge in [0.2, 0.25) is 0 Å². The molecule has 0 aliphatic carbocycles. The van der Waals surface area contributed by atoms with Gasteiger partial charge in [-0.3, -0.25) is 0 Å². The van der Waals surface area contributed by atoms with Crippen LogP contribution < -0.4 is 0 Å². The molecule has 0 aliphatic rings. The van der Waals surface area contributed by atoms with E-state index in [2.05, 4.69) is 39.0 Å². The molecule has 16 heavy (non-hydrogen) atoms. The first kappa shape index (κ1) is 13.6. The van der Waals surface area contributed by atoms with Crippen LogP contribution in [0.4, 0.5) is 0 Å². The lowest BCUT2D eigenvalue weighted by Crippen LogP contribution is -1.95. The summed E-state index contributed by atoms with van der Waals surface area (Å²) in [7, 11) is 0. The first-order chi connectivity index (χ1) is 7.65. The highest BCUT2D eigenvalue weighted by atomic mass is 35.5. The molecule has 1 heteroatoms. The van der Waals surface area contributed by atoms with Gasteiger partial charge in [0.05, 0.1) is 5.38 Å². The third kappa shape index (κ3) is 4.17. The van der Waals surface area contributed by atoms with Crippen molar-refractivity contribution in [1.82, 2.24) is 0 Å². The predicted molar refractivity (Wildman–Crippen MR) is 73.3 cm³/mol. The van der Waals surface area contributed by atoms with Crippen molar-refractivity contribution in [2.75, 3.05) is 0 Å². The molecule has 1 atom stereocenters. The second-order valence-corrected chi connectivity index (χ2v) is 5.20. The number of benzene rings is 1. The van der Waals surface area contributed by atoms with Crippen LogP contribution in [-0.4, -0.2) is 0 Å². The average molecular weight is 239 g/mol. The van der Waals surface area contributed by atoms with E-state index in [1.54, 1.807) is 0 Å². The average Bonchev–Trinajstić information content (AvgIpc) is 2.27. The van der Waals surface area contributed by atoms with E-state index < -0.39 is 0 Å². The van der Waals surface area contributed by atoms with Crippen LogP contribution >= 0.6 is 11.6 Å². The van der Waals surface area contributed by atoms with E-state index >= 15 is 0 Å². The fourth-order valence-electron chi connectivity index (χ4n) is 2.00. The van der Waals surface area contributed by atoms with Gasteiger partial charge in [-0.1, -0.05) is 56.4 Å². The van der Waals surface area contributed by atoms with Gasteiger partial charge < -0.3 is 0 Å². The summed E-state index contributed by atoms with van der Waals surface area (Å²) in [6.45, 7) is 6.52. The summed E-state index contributed by atoms with van der Waals surface area (Å²) in [5.41, 5.74) is 3.94. The normalized spacial score (nSPS) is 12.8. The third-order valence-electron chi connectivity index (χ3n) is 3.08. The van der Waals surface area contributed by atoms with Crippen molar-refractivity contribution in [3.05, 3.63) is 34.9 Å². The Balaban J connectivity index is 2.51. The fraction of sp³-hybridized carbons (Fsp3) is 0.600. The molecule has 0 amide bonds. The maximum Gasteiger partial charge on any atom is 0.0587 e. The Morgan fingerprint density at radius 1 is 1.12 bits per heavy atom. The molecule has 0 spiro atoms. The molecule has 0 aliphatic heterocycles. The Labute approximate surface area is 105 Å². The SMILES string of the molecule is CCCCCCC(Cl)c1cc(C)ccc1C. The molecule has 0 N–H and O–H groups in total. The van der Waals surface area contributed by atoms with Crippen LogP contribution in [0.15, 0.2) is 18.2 Å². The highest BCUT2D eigenvalue weighted by Crippen LogP contribution is 2.29. The van der Waals surface area contributed by atoms with Crippen LogP contribution in [0.5, 0.6) is 0 Å². The van der Waals surface area contributed by atoms with Gasteiger partial charge >= 0.3 is 0 Å². The van der Waals surface area contributed by atoms with Crippen molar-refractivity contribution >= 4 is 11.6 Å². The fourth-order valence-corrected chi connectivity index (χ4v) is 2.39. The largest absolute Gasteiger partial charge is 0.118 e. The van der Waals surface area contributed by atoms with Crippen LogP contribution in [0.3, 0.4) is 0 Å². The van der Waals surface area contributed by atoms with Gasteiger partial charge in [0, 0.05) is 0 Å². The van der Waals surface area contributed by atoms with Crippen LogP contribution in [0, 0.1) is 13.8 Å². The van der Waals surface area contributed by atoms with Crippen molar-refractivity contribution in [2.24, 2.45) is 0 Å². The predicted octanol–water partition coefficient (Wildman–Crippen LogP) is 5.55. The molecular formula is C15H23Cl. The lowest BCUT2D eigenvalue weighted by Gasteiger charge is -2.13. The van der Waals surface area contributed by atoms with Crippen molar-refractivity contribution in [3.63, 3.8) is 0 Å². The van der Waals surface area contributed by atoms with Gasteiger partial charge in [0.15, 0.2) is 0 Å². The summed E-state index contributed by atoms with van der Waals surface area (Å²) in [6.07, 6.45) is 6.28. The molecule has 0 nitrogen and oxygen atoms in total. The van der Waals surface area contributed by atoms with Crippen molar-refractivity contribution in [1.29, 1.82) is 0 Å². The number of hydrogen-bond donors (Lipinski definition) is 0. The summed E-state index contributed by atoms with van der Waals surface area (Å²) in [6, 6.07) is 6.55. The molecule has 1 aromatic rings. The van der Waals surface area contributed by atoms with Crippen LogP contribution in [0.25, 0.3) is 0 Å². The third-order valence-corrected chi connectivity index (χ3v) is 3.54. The summed E-state index contributed by atoms with van der Waals surface area (Å²) in [4.78, 5) is 0. The second kappa shape index (κ2) is 6.96. The maximum absolute atomic E-state index is 6.46. The molecule has 0 saturated heterocycles. The molecule has 1 aromatic carbocycles. The number of alkyl halides is 1. The zero-order chi connectivity index (χ0) is 12.0. The van der Waals surface area contributed by atoms with Crippen molar-refractivity contribution in [3.8, 4) is 0 Å². The van der Waals surface area contributed by atoms with E-state index in [0.717, 1.165) is 6.42 Å². The molecule has 0 fully saturated rings. The molecule has 0 aromatic heterocycles. The molecule has 1 rings (SSSR count). The molecule has 0 radical (unpaired) electrons. The zero-order valence-electron chi connectivity index (χ0n) is 10.7. The maximum atomic E-state index is 6.46. The molecule has 1 unspecified atom stereocenters. The Morgan fingerprint density at radius 2 is 1.88 bits per heavy atom. The van der Waals surface area contributed by atoms with Crippen LogP contribution in [-0.2, 0) is 0 Å². The minimum atomic E-state index is 0.191. The standard InChI is InChI=1S/C15H23Cl/c1-4-5-6-7-8-15(16)14-11-12(2)9-10-13(14)3/h9-11,15H,4-8H2,1-3H3. The van der Waals surface area contributed by atoms with Gasteiger partial charge in [0.25, 0.3) is 0 Å². The Kier molecular flexibility index (Phi) is 5.90. The number of rotatable bonds is 6. The van der Waals surface area contributed by atoms with Crippen molar-refractivity contribution in [2.45, 2.75) is 58.3 Å². The molecule has 0 saturated carbocycles. The molecular weight excluding hydrogens is 216 g/mol. The second-order valence-electron chi connectivity index (χ2n) is 4.68. The zero-order valence-corrected chi connectivity index (χ0v) is 11.5. The number of aryl methyl sites for hydroxylation is 2. The van der Waals surface area contributed by atoms with E-state index in [1.807, 2.05) is 0 Å². The van der Waals surface area contributed by atoms with Crippen molar-refractivity contribution < 1.29 is 0 Å². The Hall–Kier alpha value is -0.490. The molecule has 0 heterocycles. The quantitative estimate of drug-likeness (QED) is 0.450. The first-order valence-electron chi connectivity index (χ1n) is 6.36. The highest BCUT2D eigenvalue weighted by Gasteiger charge is 2.10. The van der Waals surface area contributed by atoms with E-state index in [4.69, 9.17) is 11.6 Å². The summed E-state index contributed by atoms with van der Waals surface area (Å²) < 4.78 is 0. The van der Waals surface area contributed by atoms with E-state index in [0.29, 0.717) is 0 Å². The van der Waals surface area contributed by atoms with Crippen LogP contribution in [0.1, 0.15) is 61.1 Å². The number of halogens is 1. The molecule has 0 bridgehead atoms. The lowest BCUT2D eigenvalue weighted by atomic mass is 9.99. The van der Waals surface area contributed by atoms with Gasteiger partial charge in [-0.2, -0.15) is 0 Å². The van der Waals surface area contributed by atoms with E-state index in [1.165, 1.54) is 42.4 Å². The smallest absolute Gasteiger partial charge is 0.0587 e. The van der Waals surface area contributed by atoms with Gasteiger partial charge in [-0.05, 0) is 31.4 Å². The molecule has 90 valence electrons. The van der Waals surface area contributed by atoms with E-state index in [9.17, 15) is 0 Å². The Morgan fingerprint density at radius 3 is 2.56 bits per heavy atom. The minimum absolute atomic E-state index is 0.191. The topological polar surface area (TPSA) is 0 Å². The number of hydrogen-bond acceptors (Lipinski definition) is 0. The van der Waals surface area contributed by atoms with E-state index in [-0.39, 0.29) is 5.38 Å². The number of unbranched alkanes of at least 4 members (excludes halogenated alkanes) is 3. The van der Waals surface area contributed by atoms with Gasteiger partial charge in [-0.25, -0.2) is 0 Å². The lowest BCUT2D eigenvalue weighted by molar-refractivity contribution is 0.623. The van der Waals surface area contributed by atoms with Crippen LogP contribution in [0.2, 0.25) is 0 Å². The van der Waals surface area contributed by atoms with Gasteiger partial charge in [0.1, 0.15) is 0 Å². The summed E-state index contributed by atoms with van der Waals surface area (Å²) in [5, 5.41) is 0.191.